The average molecular weight is 496 g/mol. The molecule has 28 heavy (non-hydrogen) atoms. The molecule has 2 aromatic carbocycles. The van der Waals surface area contributed by atoms with Gasteiger partial charge in [0.2, 0.25) is 0 Å². The normalized spacial score (nSPS) is 12.4. The fourth-order valence-electron chi connectivity index (χ4n) is 2.54. The molecule has 2 rings (SSSR count). The quantitative estimate of drug-likeness (QED) is 0.206. The zero-order chi connectivity index (χ0) is 20.7. The zero-order valence-electron chi connectivity index (χ0n) is 15.3. The minimum Gasteiger partial charge on any atom is -0.508 e. The summed E-state index contributed by atoms with van der Waals surface area (Å²) in [7, 11) is 0. The van der Waals surface area contributed by atoms with Gasteiger partial charge >= 0.3 is 6.09 Å². The number of anilines is 1. The maximum absolute atomic E-state index is 12.5. The smallest absolute Gasteiger partial charge is 0.412 e. The van der Waals surface area contributed by atoms with Crippen LogP contribution in [-0.4, -0.2) is 22.3 Å². The van der Waals surface area contributed by atoms with E-state index >= 15 is 0 Å². The molecule has 0 saturated carbocycles. The minimum atomic E-state index is -0.909. The Morgan fingerprint density at radius 1 is 1.18 bits per heavy atom. The van der Waals surface area contributed by atoms with Gasteiger partial charge in [-0.2, -0.15) is 0 Å². The van der Waals surface area contributed by atoms with Crippen molar-refractivity contribution in [3.8, 4) is 5.75 Å². The number of phenols is 1. The lowest BCUT2D eigenvalue weighted by molar-refractivity contribution is -0.124. The molecule has 1 atom stereocenters. The topological polar surface area (TPSA) is 108 Å². The highest BCUT2D eigenvalue weighted by molar-refractivity contribution is 14.1. The van der Waals surface area contributed by atoms with Crippen molar-refractivity contribution in [2.45, 2.75) is 20.0 Å². The maximum atomic E-state index is 12.5. The second-order valence-electron chi connectivity index (χ2n) is 6.61. The van der Waals surface area contributed by atoms with E-state index in [2.05, 4.69) is 27.9 Å². The summed E-state index contributed by atoms with van der Waals surface area (Å²) in [4.78, 5) is 23.9. The molecule has 148 valence electrons. The van der Waals surface area contributed by atoms with Gasteiger partial charge in [0.05, 0.1) is 0 Å². The van der Waals surface area contributed by atoms with Gasteiger partial charge in [0.25, 0.3) is 5.91 Å². The number of benzene rings is 2. The molecule has 0 fully saturated rings. The molecule has 0 saturated heterocycles. The van der Waals surface area contributed by atoms with Crippen LogP contribution in [0.1, 0.15) is 25.5 Å². The monoisotopic (exact) mass is 496 g/mol. The van der Waals surface area contributed by atoms with Crippen molar-refractivity contribution < 1.29 is 24.6 Å². The first-order valence-corrected chi connectivity index (χ1v) is 9.45. The summed E-state index contributed by atoms with van der Waals surface area (Å²) in [6.45, 7) is 3.49. The summed E-state index contributed by atoms with van der Waals surface area (Å²) in [6.07, 6.45) is 1.02. The summed E-state index contributed by atoms with van der Waals surface area (Å²) in [5, 5.41) is 21.7. The molecule has 0 radical (unpaired) electrons. The molecule has 0 spiro atoms. The highest BCUT2D eigenvalue weighted by Gasteiger charge is 2.34. The number of rotatable bonds is 6. The number of ether oxygens (including phenoxy) is 1. The standard InChI is InChI=1S/C20H21IN2O5/c1-20(2,11-10-17(25)23-27)18(15-12-13(21)8-9-16(15)24)28-19(26)22-14-6-4-3-5-7-14/h3-12,18,24,27H,1-2H3,(H,22,26)(H,23,25)/b11-10+/t18-/m0/s1. The molecule has 7 nitrogen and oxygen atoms in total. The lowest BCUT2D eigenvalue weighted by Crippen LogP contribution is -2.28. The van der Waals surface area contributed by atoms with E-state index < -0.39 is 23.5 Å². The van der Waals surface area contributed by atoms with E-state index in [-0.39, 0.29) is 5.75 Å². The Labute approximate surface area is 176 Å². The molecule has 0 unspecified atom stereocenters. The van der Waals surface area contributed by atoms with Crippen LogP contribution in [0.5, 0.6) is 5.75 Å². The Balaban J connectivity index is 2.35. The highest BCUT2D eigenvalue weighted by atomic mass is 127. The van der Waals surface area contributed by atoms with Crippen LogP contribution in [-0.2, 0) is 9.53 Å². The molecule has 8 heteroatoms. The van der Waals surface area contributed by atoms with Crippen LogP contribution in [0.25, 0.3) is 0 Å². The van der Waals surface area contributed by atoms with E-state index in [0.29, 0.717) is 11.3 Å². The fourth-order valence-corrected chi connectivity index (χ4v) is 3.06. The van der Waals surface area contributed by atoms with Gasteiger partial charge in [-0.05, 0) is 52.9 Å². The number of carbonyl (C=O) groups is 2. The number of halogens is 1. The van der Waals surface area contributed by atoms with Crippen LogP contribution in [0.15, 0.2) is 60.7 Å². The molecule has 4 N–H and O–H groups in total. The average Bonchev–Trinajstić information content (AvgIpc) is 2.67. The van der Waals surface area contributed by atoms with Gasteiger partial charge in [0, 0.05) is 26.3 Å². The Morgan fingerprint density at radius 3 is 2.50 bits per heavy atom. The van der Waals surface area contributed by atoms with Gasteiger partial charge in [0.15, 0.2) is 0 Å². The number of hydrogen-bond donors (Lipinski definition) is 4. The number of para-hydroxylation sites is 1. The summed E-state index contributed by atoms with van der Waals surface area (Å²) in [6, 6.07) is 13.8. The molecule has 0 aromatic heterocycles. The lowest BCUT2D eigenvalue weighted by Gasteiger charge is -2.32. The maximum Gasteiger partial charge on any atom is 0.412 e. The van der Waals surface area contributed by atoms with Gasteiger partial charge < -0.3 is 9.84 Å². The molecule has 0 bridgehead atoms. The molecule has 0 aliphatic carbocycles. The Bertz CT molecular complexity index is 868. The van der Waals surface area contributed by atoms with Crippen LogP contribution in [0, 0.1) is 8.99 Å². The van der Waals surface area contributed by atoms with Crippen molar-refractivity contribution in [1.29, 1.82) is 0 Å². The van der Waals surface area contributed by atoms with E-state index in [1.54, 1.807) is 50.2 Å². The van der Waals surface area contributed by atoms with Crippen molar-refractivity contribution in [2.75, 3.05) is 5.32 Å². The number of hydroxylamine groups is 1. The Hall–Kier alpha value is -2.59. The van der Waals surface area contributed by atoms with E-state index in [1.165, 1.54) is 17.6 Å². The van der Waals surface area contributed by atoms with E-state index in [4.69, 9.17) is 9.94 Å². The first-order chi connectivity index (χ1) is 13.2. The predicted octanol–water partition coefficient (Wildman–Crippen LogP) is 4.37. The van der Waals surface area contributed by atoms with Crippen molar-refractivity contribution in [3.63, 3.8) is 0 Å². The second-order valence-corrected chi connectivity index (χ2v) is 7.86. The molecule has 0 aliphatic heterocycles. The largest absolute Gasteiger partial charge is 0.508 e. The number of phenolic OH excluding ortho intramolecular Hbond substituents is 1. The van der Waals surface area contributed by atoms with E-state index in [1.807, 2.05) is 6.07 Å². The third kappa shape index (κ3) is 5.96. The van der Waals surface area contributed by atoms with Gasteiger partial charge in [-0.15, -0.1) is 0 Å². The van der Waals surface area contributed by atoms with Crippen molar-refractivity contribution in [3.05, 3.63) is 69.8 Å². The van der Waals surface area contributed by atoms with Crippen molar-refractivity contribution in [2.24, 2.45) is 5.41 Å². The predicted molar refractivity (Wildman–Crippen MR) is 113 cm³/mol. The van der Waals surface area contributed by atoms with Crippen LogP contribution in [0.3, 0.4) is 0 Å². The molecule has 0 heterocycles. The third-order valence-electron chi connectivity index (χ3n) is 3.97. The van der Waals surface area contributed by atoms with Gasteiger partial charge in [-0.3, -0.25) is 15.3 Å². The molecule has 2 aromatic rings. The van der Waals surface area contributed by atoms with Gasteiger partial charge in [-0.1, -0.05) is 38.1 Å². The number of hydrogen-bond acceptors (Lipinski definition) is 5. The van der Waals surface area contributed by atoms with E-state index in [0.717, 1.165) is 9.65 Å². The highest BCUT2D eigenvalue weighted by Crippen LogP contribution is 2.42. The van der Waals surface area contributed by atoms with Crippen molar-refractivity contribution in [1.82, 2.24) is 5.48 Å². The van der Waals surface area contributed by atoms with Gasteiger partial charge in [0.1, 0.15) is 11.9 Å². The van der Waals surface area contributed by atoms with Gasteiger partial charge in [-0.25, -0.2) is 10.3 Å². The SMILES string of the molecule is CC(C)(/C=C/C(=O)NO)[C@@H](OC(=O)Nc1ccccc1)c1cc(I)ccc1O. The fraction of sp³-hybridized carbons (Fsp3) is 0.200. The first-order valence-electron chi connectivity index (χ1n) is 8.37. The molecule has 2 amide bonds. The summed E-state index contributed by atoms with van der Waals surface area (Å²) >= 11 is 2.09. The zero-order valence-corrected chi connectivity index (χ0v) is 17.5. The molecule has 0 aliphatic rings. The third-order valence-corrected chi connectivity index (χ3v) is 4.64. The summed E-state index contributed by atoms with van der Waals surface area (Å²) < 4.78 is 6.49. The van der Waals surface area contributed by atoms with Crippen LogP contribution in [0.4, 0.5) is 10.5 Å². The number of amides is 2. The molecular weight excluding hydrogens is 475 g/mol. The summed E-state index contributed by atoms with van der Waals surface area (Å²) in [5.74, 6) is -0.751. The summed E-state index contributed by atoms with van der Waals surface area (Å²) in [5.41, 5.74) is 1.59. The van der Waals surface area contributed by atoms with Crippen LogP contribution >= 0.6 is 22.6 Å². The van der Waals surface area contributed by atoms with Crippen molar-refractivity contribution >= 4 is 40.3 Å². The van der Waals surface area contributed by atoms with Crippen LogP contribution < -0.4 is 10.8 Å². The lowest BCUT2D eigenvalue weighted by atomic mass is 9.81. The number of carbonyl (C=O) groups excluding carboxylic acids is 2. The Kier molecular flexibility index (Phi) is 7.41. The molecular formula is C20H21IN2O5. The van der Waals surface area contributed by atoms with Crippen LogP contribution in [0.2, 0.25) is 0 Å². The number of nitrogens with one attached hydrogen (secondary N) is 2. The second kappa shape index (κ2) is 9.56. The van der Waals surface area contributed by atoms with E-state index in [9.17, 15) is 14.7 Å². The number of aromatic hydroxyl groups is 1. The first kappa shape index (κ1) is 21.7. The minimum absolute atomic E-state index is 0.0361. The Morgan fingerprint density at radius 2 is 1.86 bits per heavy atom.